The van der Waals surface area contributed by atoms with Crippen LogP contribution in [0.15, 0.2) is 24.3 Å². The fourth-order valence-corrected chi connectivity index (χ4v) is 5.78. The zero-order chi connectivity index (χ0) is 23.8. The number of benzene rings is 1. The van der Waals surface area contributed by atoms with Gasteiger partial charge in [-0.2, -0.15) is 0 Å². The topological polar surface area (TPSA) is 9.23 Å². The summed E-state index contributed by atoms with van der Waals surface area (Å²) >= 11 is 0. The molecule has 0 atom stereocenters. The van der Waals surface area contributed by atoms with Crippen molar-refractivity contribution < 1.29 is 26.7 Å². The largest absolute Gasteiger partial charge is 0.573 e. The van der Waals surface area contributed by atoms with Crippen molar-refractivity contribution in [3.63, 3.8) is 0 Å². The summed E-state index contributed by atoms with van der Waals surface area (Å²) in [6.45, 7) is 2.08. The van der Waals surface area contributed by atoms with E-state index in [1.54, 1.807) is 0 Å². The molecule has 0 saturated heterocycles. The number of hydrogen-bond acceptors (Lipinski definition) is 1. The number of halogens is 5. The predicted octanol–water partition coefficient (Wildman–Crippen LogP) is 9.47. The Morgan fingerprint density at radius 1 is 0.818 bits per heavy atom. The monoisotopic (exact) mass is 472 g/mol. The fraction of sp³-hybridized carbons (Fsp3) is 0.704. The molecule has 2 aliphatic carbocycles. The standard InChI is InChI=1S/C27H37F5O/c1-2-3-4-5-6-19-7-9-20(10-8-19)11-12-21-13-15-22(16-14-21)23-17-24(28)26(25(29)18-23)33-27(30,31)32/h2-3,17-22H,4-16H2,1H3. The average Bonchev–Trinajstić information content (AvgIpc) is 2.78. The first-order chi connectivity index (χ1) is 15.7. The Morgan fingerprint density at radius 2 is 1.30 bits per heavy atom. The minimum absolute atomic E-state index is 0.0109. The van der Waals surface area contributed by atoms with Crippen LogP contribution in [0.1, 0.15) is 102 Å². The van der Waals surface area contributed by atoms with E-state index in [4.69, 9.17) is 0 Å². The second-order valence-electron chi connectivity index (χ2n) is 10.0. The third-order valence-corrected chi connectivity index (χ3v) is 7.72. The van der Waals surface area contributed by atoms with Gasteiger partial charge in [-0.1, -0.05) is 57.1 Å². The lowest BCUT2D eigenvalue weighted by Crippen LogP contribution is -2.20. The van der Waals surface area contributed by atoms with Crippen LogP contribution in [0.2, 0.25) is 0 Å². The summed E-state index contributed by atoms with van der Waals surface area (Å²) in [5.74, 6) is -1.59. The van der Waals surface area contributed by atoms with Gasteiger partial charge in [-0.15, -0.1) is 13.2 Å². The first kappa shape index (κ1) is 26.0. The van der Waals surface area contributed by atoms with Gasteiger partial charge in [-0.25, -0.2) is 8.78 Å². The van der Waals surface area contributed by atoms with Crippen LogP contribution in [0.25, 0.3) is 0 Å². The molecule has 0 aromatic heterocycles. The minimum Gasteiger partial charge on any atom is -0.399 e. The number of rotatable bonds is 9. The first-order valence-corrected chi connectivity index (χ1v) is 12.6. The van der Waals surface area contributed by atoms with E-state index in [0.717, 1.165) is 49.7 Å². The molecule has 0 unspecified atom stereocenters. The van der Waals surface area contributed by atoms with E-state index in [9.17, 15) is 22.0 Å². The molecule has 1 nitrogen and oxygen atoms in total. The van der Waals surface area contributed by atoms with Crippen molar-refractivity contribution in [1.29, 1.82) is 0 Å². The Bertz CT molecular complexity index is 733. The zero-order valence-corrected chi connectivity index (χ0v) is 19.6. The van der Waals surface area contributed by atoms with Crippen molar-refractivity contribution in [2.45, 2.75) is 103 Å². The van der Waals surface area contributed by atoms with Gasteiger partial charge in [0.2, 0.25) is 5.75 Å². The molecule has 0 N–H and O–H groups in total. The fourth-order valence-electron chi connectivity index (χ4n) is 5.78. The lowest BCUT2D eigenvalue weighted by atomic mass is 9.74. The van der Waals surface area contributed by atoms with Crippen LogP contribution in [-0.2, 0) is 0 Å². The van der Waals surface area contributed by atoms with Gasteiger partial charge in [0.15, 0.2) is 11.6 Å². The molecule has 0 spiro atoms. The molecule has 1 aromatic rings. The number of unbranched alkanes of at least 4 members (excludes halogenated alkanes) is 1. The summed E-state index contributed by atoms with van der Waals surface area (Å²) in [6.07, 6.45) is 14.7. The highest BCUT2D eigenvalue weighted by Gasteiger charge is 2.35. The van der Waals surface area contributed by atoms with Crippen LogP contribution in [0, 0.1) is 29.4 Å². The van der Waals surface area contributed by atoms with Crippen LogP contribution in [-0.4, -0.2) is 6.36 Å². The lowest BCUT2D eigenvalue weighted by molar-refractivity contribution is -0.276. The molecule has 33 heavy (non-hydrogen) atoms. The Morgan fingerprint density at radius 3 is 1.79 bits per heavy atom. The molecule has 2 saturated carbocycles. The molecule has 0 radical (unpaired) electrons. The Kier molecular flexibility index (Phi) is 9.63. The van der Waals surface area contributed by atoms with Crippen molar-refractivity contribution in [2.75, 3.05) is 0 Å². The second-order valence-corrected chi connectivity index (χ2v) is 10.0. The van der Waals surface area contributed by atoms with E-state index in [1.807, 2.05) is 0 Å². The van der Waals surface area contributed by atoms with E-state index >= 15 is 0 Å². The van der Waals surface area contributed by atoms with Gasteiger partial charge < -0.3 is 4.74 Å². The van der Waals surface area contributed by atoms with Gasteiger partial charge in [0, 0.05) is 0 Å². The van der Waals surface area contributed by atoms with E-state index in [1.165, 1.54) is 57.8 Å². The van der Waals surface area contributed by atoms with Gasteiger partial charge in [0.05, 0.1) is 0 Å². The van der Waals surface area contributed by atoms with E-state index in [2.05, 4.69) is 23.8 Å². The van der Waals surface area contributed by atoms with Crippen LogP contribution in [0.3, 0.4) is 0 Å². The lowest BCUT2D eigenvalue weighted by Gasteiger charge is -2.32. The highest BCUT2D eigenvalue weighted by molar-refractivity contribution is 5.33. The maximum atomic E-state index is 14.1. The quantitative estimate of drug-likeness (QED) is 0.198. The highest BCUT2D eigenvalue weighted by atomic mass is 19.4. The van der Waals surface area contributed by atoms with Gasteiger partial charge in [-0.05, 0) is 86.8 Å². The van der Waals surface area contributed by atoms with Crippen molar-refractivity contribution in [3.05, 3.63) is 41.5 Å². The van der Waals surface area contributed by atoms with Crippen molar-refractivity contribution in [3.8, 4) is 5.75 Å². The van der Waals surface area contributed by atoms with Crippen LogP contribution < -0.4 is 4.74 Å². The van der Waals surface area contributed by atoms with Crippen LogP contribution >= 0.6 is 0 Å². The van der Waals surface area contributed by atoms with Gasteiger partial charge in [0.25, 0.3) is 0 Å². The molecule has 0 amide bonds. The zero-order valence-electron chi connectivity index (χ0n) is 19.6. The maximum absolute atomic E-state index is 14.1. The summed E-state index contributed by atoms with van der Waals surface area (Å²) in [7, 11) is 0. The SMILES string of the molecule is CC=CCCCC1CCC(CCC2CCC(c3cc(F)c(OC(F)(F)F)c(F)c3)CC2)CC1. The summed E-state index contributed by atoms with van der Waals surface area (Å²) in [5, 5.41) is 0. The molecule has 0 aliphatic heterocycles. The molecule has 6 heteroatoms. The molecule has 2 aliphatic rings. The molecular formula is C27H37F5O. The number of alkyl halides is 3. The van der Waals surface area contributed by atoms with Crippen LogP contribution in [0.4, 0.5) is 22.0 Å². The van der Waals surface area contributed by atoms with Crippen LogP contribution in [0.5, 0.6) is 5.75 Å². The molecule has 186 valence electrons. The Labute approximate surface area is 194 Å². The molecule has 0 bridgehead atoms. The minimum atomic E-state index is -5.12. The summed E-state index contributed by atoms with van der Waals surface area (Å²) < 4.78 is 68.6. The number of allylic oxidation sites excluding steroid dienone is 2. The predicted molar refractivity (Wildman–Crippen MR) is 121 cm³/mol. The Balaban J connectivity index is 1.38. The third kappa shape index (κ3) is 8.29. The van der Waals surface area contributed by atoms with Crippen molar-refractivity contribution >= 4 is 0 Å². The summed E-state index contributed by atoms with van der Waals surface area (Å²) in [5.41, 5.74) is 0.436. The van der Waals surface area contributed by atoms with Gasteiger partial charge >= 0.3 is 6.36 Å². The molecular weight excluding hydrogens is 435 g/mol. The molecule has 1 aromatic carbocycles. The molecule has 2 fully saturated rings. The highest BCUT2D eigenvalue weighted by Crippen LogP contribution is 2.41. The van der Waals surface area contributed by atoms with E-state index < -0.39 is 23.7 Å². The second kappa shape index (κ2) is 12.2. The van der Waals surface area contributed by atoms with Crippen molar-refractivity contribution in [2.24, 2.45) is 17.8 Å². The van der Waals surface area contributed by atoms with Crippen molar-refractivity contribution in [1.82, 2.24) is 0 Å². The number of hydrogen-bond donors (Lipinski definition) is 0. The first-order valence-electron chi connectivity index (χ1n) is 12.6. The van der Waals surface area contributed by atoms with Gasteiger partial charge in [0.1, 0.15) is 0 Å². The van der Waals surface area contributed by atoms with E-state index in [0.29, 0.717) is 11.5 Å². The molecule has 0 heterocycles. The smallest absolute Gasteiger partial charge is 0.399 e. The summed E-state index contributed by atoms with van der Waals surface area (Å²) in [4.78, 5) is 0. The van der Waals surface area contributed by atoms with Gasteiger partial charge in [-0.3, -0.25) is 0 Å². The van der Waals surface area contributed by atoms with E-state index in [-0.39, 0.29) is 5.92 Å². The normalized spacial score (nSPS) is 26.6. The average molecular weight is 473 g/mol. The Hall–Kier alpha value is -1.59. The molecule has 3 rings (SSSR count). The summed E-state index contributed by atoms with van der Waals surface area (Å²) in [6, 6.07) is 2.01. The third-order valence-electron chi connectivity index (χ3n) is 7.72. The number of ether oxygens (including phenoxy) is 1. The maximum Gasteiger partial charge on any atom is 0.573 e.